The summed E-state index contributed by atoms with van der Waals surface area (Å²) in [5.74, 6) is -0.821. The first kappa shape index (κ1) is 24.2. The number of halogens is 2. The van der Waals surface area contributed by atoms with Crippen molar-refractivity contribution in [2.45, 2.75) is 32.1 Å². The Kier molecular flexibility index (Phi) is 7.54. The van der Waals surface area contributed by atoms with Gasteiger partial charge in [-0.3, -0.25) is 4.79 Å². The van der Waals surface area contributed by atoms with Gasteiger partial charge in [-0.05, 0) is 67.8 Å². The fourth-order valence-electron chi connectivity index (χ4n) is 3.82. The van der Waals surface area contributed by atoms with Gasteiger partial charge in [0.05, 0.1) is 12.2 Å². The molecule has 1 saturated carbocycles. The first-order valence-electron chi connectivity index (χ1n) is 11.1. The zero-order chi connectivity index (χ0) is 24.2. The van der Waals surface area contributed by atoms with Crippen LogP contribution in [0.5, 0.6) is 0 Å². The normalized spacial score (nSPS) is 13.9. The van der Waals surface area contributed by atoms with E-state index >= 15 is 0 Å². The van der Waals surface area contributed by atoms with Crippen LogP contribution in [0.4, 0.5) is 5.69 Å². The molecule has 1 aliphatic rings. The van der Waals surface area contributed by atoms with E-state index in [0.717, 1.165) is 27.6 Å². The molecule has 1 N–H and O–H groups in total. The first-order chi connectivity index (χ1) is 16.4. The van der Waals surface area contributed by atoms with Gasteiger partial charge in [-0.1, -0.05) is 40.4 Å². The van der Waals surface area contributed by atoms with Gasteiger partial charge < -0.3 is 15.3 Å². The Morgan fingerprint density at radius 1 is 1.18 bits per heavy atom. The van der Waals surface area contributed by atoms with E-state index in [4.69, 9.17) is 16.3 Å². The molecule has 0 spiro atoms. The fraction of sp³-hybridized carbons (Fsp3) is 0.269. The Bertz CT molecular complexity index is 1210. The maximum absolute atomic E-state index is 13.2. The zero-order valence-electron chi connectivity index (χ0n) is 18.6. The number of aromatic nitrogens is 1. The molecule has 34 heavy (non-hydrogen) atoms. The van der Waals surface area contributed by atoms with Crippen LogP contribution >= 0.6 is 27.5 Å². The Labute approximate surface area is 211 Å². The molecule has 0 bridgehead atoms. The number of amides is 1. The molecule has 4 rings (SSSR count). The van der Waals surface area contributed by atoms with Crippen LogP contribution in [-0.2, 0) is 9.53 Å². The summed E-state index contributed by atoms with van der Waals surface area (Å²) in [6, 6.07) is 15.5. The van der Waals surface area contributed by atoms with E-state index in [0.29, 0.717) is 46.5 Å². The highest BCUT2D eigenvalue weighted by Crippen LogP contribution is 2.39. The highest BCUT2D eigenvalue weighted by molar-refractivity contribution is 9.10. The number of carbonyl (C=O) groups excluding carboxylic acids is 2. The number of ether oxygens (including phenoxy) is 1. The number of carbonyl (C=O) groups is 2. The number of anilines is 1. The molecule has 1 unspecified atom stereocenters. The third kappa shape index (κ3) is 5.77. The van der Waals surface area contributed by atoms with Crippen molar-refractivity contribution in [3.63, 3.8) is 0 Å². The fourth-order valence-corrected chi connectivity index (χ4v) is 4.47. The second-order valence-corrected chi connectivity index (χ2v) is 9.60. The summed E-state index contributed by atoms with van der Waals surface area (Å²) in [4.78, 5) is 25.1. The van der Waals surface area contributed by atoms with Crippen molar-refractivity contribution in [1.29, 1.82) is 0 Å². The number of esters is 1. The minimum Gasteiger partial charge on any atom is -0.618 e. The Hall–Kier alpha value is -2.90. The Morgan fingerprint density at radius 3 is 2.56 bits per heavy atom. The van der Waals surface area contributed by atoms with Crippen LogP contribution in [0.25, 0.3) is 11.1 Å². The standard InChI is InChI=1S/C26H24BrClN2O4/c1-2-34-26(32)17-5-9-20(10-6-17)29-25(31)22(13-16-3-4-16)24-12-7-18(15-30(24)33)21-14-19(28)8-11-23(21)27/h5-12,14-16,22H,2-4,13H2,1H3,(H,29,31). The number of pyridine rings is 1. The van der Waals surface area contributed by atoms with E-state index in [2.05, 4.69) is 21.2 Å². The molecule has 1 aliphatic carbocycles. The maximum Gasteiger partial charge on any atom is 0.338 e. The molecule has 8 heteroatoms. The molecule has 1 amide bonds. The molecular weight excluding hydrogens is 520 g/mol. The molecule has 0 saturated heterocycles. The third-order valence-corrected chi connectivity index (χ3v) is 6.71. The molecule has 176 valence electrons. The molecule has 1 heterocycles. The average molecular weight is 544 g/mol. The second kappa shape index (κ2) is 10.6. The topological polar surface area (TPSA) is 82.3 Å². The van der Waals surface area contributed by atoms with E-state index in [9.17, 15) is 14.8 Å². The molecule has 3 aromatic rings. The third-order valence-electron chi connectivity index (χ3n) is 5.79. The van der Waals surface area contributed by atoms with Crippen LogP contribution in [0.2, 0.25) is 5.02 Å². The van der Waals surface area contributed by atoms with Crippen molar-refractivity contribution in [1.82, 2.24) is 0 Å². The number of benzene rings is 2. The minimum absolute atomic E-state index is 0.253. The summed E-state index contributed by atoms with van der Waals surface area (Å²) >= 11 is 9.63. The van der Waals surface area contributed by atoms with Gasteiger partial charge in [0.25, 0.3) is 0 Å². The molecule has 1 fully saturated rings. The lowest BCUT2D eigenvalue weighted by Crippen LogP contribution is -2.37. The van der Waals surface area contributed by atoms with Crippen LogP contribution in [-0.4, -0.2) is 18.5 Å². The molecule has 2 aromatic carbocycles. The monoisotopic (exact) mass is 542 g/mol. The predicted octanol–water partition coefficient (Wildman–Crippen LogP) is 6.10. The van der Waals surface area contributed by atoms with E-state index in [1.54, 1.807) is 49.4 Å². The minimum atomic E-state index is -0.591. The van der Waals surface area contributed by atoms with Gasteiger partial charge >= 0.3 is 5.97 Å². The second-order valence-electron chi connectivity index (χ2n) is 8.31. The molecule has 0 aliphatic heterocycles. The highest BCUT2D eigenvalue weighted by atomic mass is 79.9. The van der Waals surface area contributed by atoms with Crippen molar-refractivity contribution >= 4 is 45.1 Å². The Balaban J connectivity index is 1.56. The van der Waals surface area contributed by atoms with Crippen molar-refractivity contribution in [3.8, 4) is 11.1 Å². The quantitative estimate of drug-likeness (QED) is 0.211. The molecule has 1 aromatic heterocycles. The van der Waals surface area contributed by atoms with Crippen LogP contribution in [0, 0.1) is 11.1 Å². The lowest BCUT2D eigenvalue weighted by Gasteiger charge is -2.17. The van der Waals surface area contributed by atoms with Crippen molar-refractivity contribution in [2.75, 3.05) is 11.9 Å². The largest absolute Gasteiger partial charge is 0.618 e. The molecule has 6 nitrogen and oxygen atoms in total. The predicted molar refractivity (Wildman–Crippen MR) is 135 cm³/mol. The van der Waals surface area contributed by atoms with Gasteiger partial charge in [0.15, 0.2) is 6.20 Å². The first-order valence-corrected chi connectivity index (χ1v) is 12.3. The molecule has 1 atom stereocenters. The van der Waals surface area contributed by atoms with Gasteiger partial charge in [-0.2, -0.15) is 4.73 Å². The van der Waals surface area contributed by atoms with Crippen molar-refractivity contribution < 1.29 is 19.1 Å². The van der Waals surface area contributed by atoms with Crippen LogP contribution in [0.3, 0.4) is 0 Å². The number of hydrogen-bond donors (Lipinski definition) is 1. The lowest BCUT2D eigenvalue weighted by atomic mass is 9.95. The summed E-state index contributed by atoms with van der Waals surface area (Å²) in [6.45, 7) is 2.04. The Morgan fingerprint density at radius 2 is 1.91 bits per heavy atom. The SMILES string of the molecule is CCOC(=O)c1ccc(NC(=O)C(CC2CC2)c2ccc(-c3cc(Cl)ccc3Br)c[n+]2[O-])cc1. The van der Waals surface area contributed by atoms with E-state index in [1.165, 1.54) is 6.20 Å². The van der Waals surface area contributed by atoms with Crippen LogP contribution < -0.4 is 10.0 Å². The summed E-state index contributed by atoms with van der Waals surface area (Å²) in [5, 5.41) is 16.5. The van der Waals surface area contributed by atoms with Crippen molar-refractivity contribution in [3.05, 3.63) is 86.8 Å². The van der Waals surface area contributed by atoms with Gasteiger partial charge in [0.2, 0.25) is 11.6 Å². The number of nitrogens with one attached hydrogen (secondary N) is 1. The average Bonchev–Trinajstić information content (AvgIpc) is 3.64. The van der Waals surface area contributed by atoms with E-state index < -0.39 is 11.9 Å². The summed E-state index contributed by atoms with van der Waals surface area (Å²) in [6.07, 6.45) is 4.21. The number of rotatable bonds is 8. The summed E-state index contributed by atoms with van der Waals surface area (Å²) in [5.41, 5.74) is 2.86. The maximum atomic E-state index is 13.2. The van der Waals surface area contributed by atoms with Gasteiger partial charge in [-0.15, -0.1) is 0 Å². The lowest BCUT2D eigenvalue weighted by molar-refractivity contribution is -0.614. The zero-order valence-corrected chi connectivity index (χ0v) is 20.9. The van der Waals surface area contributed by atoms with Crippen LogP contribution in [0.15, 0.2) is 65.3 Å². The van der Waals surface area contributed by atoms with Gasteiger partial charge in [0.1, 0.15) is 5.92 Å². The highest BCUT2D eigenvalue weighted by Gasteiger charge is 2.35. The molecule has 0 radical (unpaired) electrons. The van der Waals surface area contributed by atoms with E-state index in [-0.39, 0.29) is 5.91 Å². The summed E-state index contributed by atoms with van der Waals surface area (Å²) < 4.78 is 6.59. The number of hydrogen-bond acceptors (Lipinski definition) is 4. The number of nitrogens with zero attached hydrogens (tertiary/aromatic N) is 1. The van der Waals surface area contributed by atoms with E-state index in [1.807, 2.05) is 12.1 Å². The van der Waals surface area contributed by atoms with Crippen LogP contribution in [0.1, 0.15) is 48.2 Å². The van der Waals surface area contributed by atoms with Crippen molar-refractivity contribution in [2.24, 2.45) is 5.92 Å². The van der Waals surface area contributed by atoms with Gasteiger partial charge in [0, 0.05) is 32.4 Å². The smallest absolute Gasteiger partial charge is 0.338 e. The molecular formula is C26H24BrClN2O4. The van der Waals surface area contributed by atoms with Gasteiger partial charge in [-0.25, -0.2) is 4.79 Å². The summed E-state index contributed by atoms with van der Waals surface area (Å²) in [7, 11) is 0.